The van der Waals surface area contributed by atoms with Crippen molar-refractivity contribution in [3.8, 4) is 17.2 Å². The van der Waals surface area contributed by atoms with E-state index >= 15 is 0 Å². The fourth-order valence-electron chi connectivity index (χ4n) is 3.06. The minimum Gasteiger partial charge on any atom is -0.497 e. The van der Waals surface area contributed by atoms with Gasteiger partial charge >= 0.3 is 0 Å². The first kappa shape index (κ1) is 17.2. The SMILES string of the molecule is COc1ccc(F)c(-c2nc(Cn3c(CO)nc4ccccc43)c(C)o2)c1. The van der Waals surface area contributed by atoms with Crippen LogP contribution in [0.2, 0.25) is 0 Å². The summed E-state index contributed by atoms with van der Waals surface area (Å²) in [5.74, 6) is 1.38. The van der Waals surface area contributed by atoms with Gasteiger partial charge < -0.3 is 18.8 Å². The highest BCUT2D eigenvalue weighted by Crippen LogP contribution is 2.29. The van der Waals surface area contributed by atoms with Gasteiger partial charge in [0.05, 0.1) is 30.3 Å². The van der Waals surface area contributed by atoms with E-state index in [9.17, 15) is 9.50 Å². The number of rotatable bonds is 5. The number of aliphatic hydroxyl groups is 1. The lowest BCUT2D eigenvalue weighted by molar-refractivity contribution is 0.266. The van der Waals surface area contributed by atoms with Gasteiger partial charge in [-0.15, -0.1) is 0 Å². The van der Waals surface area contributed by atoms with Gasteiger partial charge in [-0.3, -0.25) is 0 Å². The number of hydrogen-bond donors (Lipinski definition) is 1. The molecule has 0 unspecified atom stereocenters. The second-order valence-corrected chi connectivity index (χ2v) is 6.13. The van der Waals surface area contributed by atoms with Crippen LogP contribution in [-0.4, -0.2) is 26.8 Å². The third-order valence-electron chi connectivity index (χ3n) is 4.48. The summed E-state index contributed by atoms with van der Waals surface area (Å²) in [5, 5.41) is 9.65. The van der Waals surface area contributed by atoms with Gasteiger partial charge in [-0.2, -0.15) is 0 Å². The number of nitrogens with zero attached hydrogens (tertiary/aromatic N) is 3. The zero-order chi connectivity index (χ0) is 19.0. The number of aromatic nitrogens is 3. The van der Waals surface area contributed by atoms with E-state index in [-0.39, 0.29) is 18.1 Å². The highest BCUT2D eigenvalue weighted by molar-refractivity contribution is 5.76. The predicted molar refractivity (Wildman–Crippen MR) is 97.9 cm³/mol. The summed E-state index contributed by atoms with van der Waals surface area (Å²) in [6, 6.07) is 12.0. The summed E-state index contributed by atoms with van der Waals surface area (Å²) in [4.78, 5) is 8.92. The molecule has 6 nitrogen and oxygen atoms in total. The normalized spacial score (nSPS) is 11.3. The van der Waals surface area contributed by atoms with Gasteiger partial charge in [0.15, 0.2) is 0 Å². The number of aryl methyl sites for hydroxylation is 1. The van der Waals surface area contributed by atoms with Crippen LogP contribution < -0.4 is 4.74 Å². The number of halogens is 1. The van der Waals surface area contributed by atoms with Crippen molar-refractivity contribution in [3.63, 3.8) is 0 Å². The molecule has 0 saturated heterocycles. The van der Waals surface area contributed by atoms with Crippen LogP contribution in [-0.2, 0) is 13.2 Å². The molecule has 27 heavy (non-hydrogen) atoms. The van der Waals surface area contributed by atoms with Gasteiger partial charge in [0.2, 0.25) is 5.89 Å². The van der Waals surface area contributed by atoms with E-state index in [2.05, 4.69) is 9.97 Å². The van der Waals surface area contributed by atoms with E-state index in [1.165, 1.54) is 13.2 Å². The Kier molecular flexibility index (Phi) is 4.37. The highest BCUT2D eigenvalue weighted by Gasteiger charge is 2.18. The third-order valence-corrected chi connectivity index (χ3v) is 4.48. The first-order valence-corrected chi connectivity index (χ1v) is 8.46. The average Bonchev–Trinajstić information content (AvgIpc) is 3.23. The monoisotopic (exact) mass is 367 g/mol. The number of imidazole rings is 1. The highest BCUT2D eigenvalue weighted by atomic mass is 19.1. The topological polar surface area (TPSA) is 73.3 Å². The number of fused-ring (bicyclic) bond motifs is 1. The Bertz CT molecular complexity index is 1120. The molecule has 2 aromatic carbocycles. The van der Waals surface area contributed by atoms with Crippen LogP contribution in [0.4, 0.5) is 4.39 Å². The number of aliphatic hydroxyl groups excluding tert-OH is 1. The van der Waals surface area contributed by atoms with Crippen LogP contribution in [0.25, 0.3) is 22.5 Å². The molecule has 0 amide bonds. The number of ether oxygens (including phenoxy) is 1. The number of benzene rings is 2. The Hall–Kier alpha value is -3.19. The molecular weight excluding hydrogens is 349 g/mol. The van der Waals surface area contributed by atoms with E-state index in [1.54, 1.807) is 19.1 Å². The number of hydrogen-bond acceptors (Lipinski definition) is 5. The molecule has 138 valence electrons. The molecule has 0 aliphatic heterocycles. The van der Waals surface area contributed by atoms with Gasteiger partial charge in [0.25, 0.3) is 0 Å². The second kappa shape index (κ2) is 6.85. The van der Waals surface area contributed by atoms with Gasteiger partial charge in [-0.05, 0) is 37.3 Å². The van der Waals surface area contributed by atoms with Crippen LogP contribution >= 0.6 is 0 Å². The molecule has 0 radical (unpaired) electrons. The molecule has 0 fully saturated rings. The molecule has 0 spiro atoms. The largest absolute Gasteiger partial charge is 0.497 e. The molecule has 0 bridgehead atoms. The maximum atomic E-state index is 14.2. The first-order valence-electron chi connectivity index (χ1n) is 8.46. The van der Waals surface area contributed by atoms with Crippen molar-refractivity contribution in [3.05, 3.63) is 65.6 Å². The molecule has 4 rings (SSSR count). The molecule has 0 aliphatic carbocycles. The molecule has 1 N–H and O–H groups in total. The van der Waals surface area contributed by atoms with Crippen molar-refractivity contribution in [1.29, 1.82) is 0 Å². The van der Waals surface area contributed by atoms with E-state index in [0.29, 0.717) is 29.6 Å². The molecule has 7 heteroatoms. The first-order chi connectivity index (χ1) is 13.1. The minimum absolute atomic E-state index is 0.189. The van der Waals surface area contributed by atoms with Crippen LogP contribution in [0.3, 0.4) is 0 Å². The molecular formula is C20H18FN3O3. The zero-order valence-electron chi connectivity index (χ0n) is 14.9. The maximum Gasteiger partial charge on any atom is 0.229 e. The van der Waals surface area contributed by atoms with E-state index in [1.807, 2.05) is 28.8 Å². The van der Waals surface area contributed by atoms with Gasteiger partial charge in [-0.25, -0.2) is 14.4 Å². The number of oxazole rings is 1. The Morgan fingerprint density at radius 3 is 2.78 bits per heavy atom. The Labute approximate surface area is 154 Å². The maximum absolute atomic E-state index is 14.2. The minimum atomic E-state index is -0.437. The van der Waals surface area contributed by atoms with Crippen LogP contribution in [0.1, 0.15) is 17.3 Å². The van der Waals surface area contributed by atoms with Crippen molar-refractivity contribution in [2.45, 2.75) is 20.1 Å². The average molecular weight is 367 g/mol. The van der Waals surface area contributed by atoms with Crippen molar-refractivity contribution in [2.75, 3.05) is 7.11 Å². The molecule has 0 saturated carbocycles. The predicted octanol–water partition coefficient (Wildman–Crippen LogP) is 3.69. The standard InChI is InChI=1S/C20H18FN3O3/c1-12-17(10-24-18-6-4-3-5-16(18)22-19(24)11-25)23-20(27-12)14-9-13(26-2)7-8-15(14)21/h3-9,25H,10-11H2,1-2H3. The van der Waals surface area contributed by atoms with Crippen LogP contribution in [0.15, 0.2) is 46.9 Å². The molecule has 0 atom stereocenters. The van der Waals surface area contributed by atoms with E-state index < -0.39 is 5.82 Å². The van der Waals surface area contributed by atoms with Crippen molar-refractivity contribution < 1.29 is 18.7 Å². The van der Waals surface area contributed by atoms with Crippen molar-refractivity contribution >= 4 is 11.0 Å². The third kappa shape index (κ3) is 3.06. The Balaban J connectivity index is 1.75. The lowest BCUT2D eigenvalue weighted by Crippen LogP contribution is -2.06. The second-order valence-electron chi connectivity index (χ2n) is 6.13. The summed E-state index contributed by atoms with van der Waals surface area (Å²) in [7, 11) is 1.52. The summed E-state index contributed by atoms with van der Waals surface area (Å²) >= 11 is 0. The molecule has 0 aliphatic rings. The Morgan fingerprint density at radius 2 is 2.00 bits per heavy atom. The Morgan fingerprint density at radius 1 is 1.19 bits per heavy atom. The van der Waals surface area contributed by atoms with Gasteiger partial charge in [0, 0.05) is 0 Å². The van der Waals surface area contributed by atoms with E-state index in [4.69, 9.17) is 9.15 Å². The summed E-state index contributed by atoms with van der Waals surface area (Å²) < 4.78 is 27.0. The lowest BCUT2D eigenvalue weighted by Gasteiger charge is -2.06. The molecule has 2 heterocycles. The zero-order valence-corrected chi connectivity index (χ0v) is 14.9. The number of methoxy groups -OCH3 is 1. The van der Waals surface area contributed by atoms with Crippen molar-refractivity contribution in [1.82, 2.24) is 14.5 Å². The molecule has 2 aromatic heterocycles. The van der Waals surface area contributed by atoms with Crippen LogP contribution in [0.5, 0.6) is 5.75 Å². The number of para-hydroxylation sites is 2. The summed E-state index contributed by atoms with van der Waals surface area (Å²) in [6.07, 6.45) is 0. The summed E-state index contributed by atoms with van der Waals surface area (Å²) in [6.45, 7) is 1.95. The fraction of sp³-hybridized carbons (Fsp3) is 0.200. The van der Waals surface area contributed by atoms with Crippen molar-refractivity contribution in [2.24, 2.45) is 0 Å². The molecule has 4 aromatic rings. The smallest absolute Gasteiger partial charge is 0.229 e. The van der Waals surface area contributed by atoms with Gasteiger partial charge in [-0.1, -0.05) is 12.1 Å². The van der Waals surface area contributed by atoms with Gasteiger partial charge in [0.1, 0.15) is 35.5 Å². The summed E-state index contributed by atoms with van der Waals surface area (Å²) in [5.41, 5.74) is 2.56. The van der Waals surface area contributed by atoms with Crippen LogP contribution in [0, 0.1) is 12.7 Å². The fourth-order valence-corrected chi connectivity index (χ4v) is 3.06. The van der Waals surface area contributed by atoms with E-state index in [0.717, 1.165) is 11.0 Å². The quantitative estimate of drug-likeness (QED) is 0.582. The lowest BCUT2D eigenvalue weighted by atomic mass is 10.2.